The molecule has 3 aromatic heterocycles. The van der Waals surface area contributed by atoms with E-state index in [1.165, 1.54) is 5.56 Å². The Balaban J connectivity index is 1.38. The van der Waals surface area contributed by atoms with Gasteiger partial charge in [0.15, 0.2) is 5.65 Å². The lowest BCUT2D eigenvalue weighted by Crippen LogP contribution is -2.00. The molecule has 7 nitrogen and oxygen atoms in total. The molecule has 0 unspecified atom stereocenters. The van der Waals surface area contributed by atoms with Gasteiger partial charge < -0.3 is 10.1 Å². The minimum atomic E-state index is 0.552. The predicted octanol–water partition coefficient (Wildman–Crippen LogP) is 4.39. The molecule has 5 aromatic rings. The van der Waals surface area contributed by atoms with Crippen molar-refractivity contribution >= 4 is 17.3 Å². The second-order valence-corrected chi connectivity index (χ2v) is 6.87. The van der Waals surface area contributed by atoms with Gasteiger partial charge in [0.05, 0.1) is 19.3 Å². The number of pyridine rings is 1. The van der Waals surface area contributed by atoms with Crippen LogP contribution in [0.4, 0.5) is 11.6 Å². The SMILES string of the molecule is COc1ccc(-c2cccc3nc(Nc4ccc(Cn5cccn5)cc4)nn23)cc1. The summed E-state index contributed by atoms with van der Waals surface area (Å²) >= 11 is 0. The number of methoxy groups -OCH3 is 1. The molecule has 0 radical (unpaired) electrons. The summed E-state index contributed by atoms with van der Waals surface area (Å²) < 4.78 is 8.99. The molecule has 0 aliphatic heterocycles. The Morgan fingerprint density at radius 1 is 0.933 bits per heavy atom. The van der Waals surface area contributed by atoms with Gasteiger partial charge in [-0.2, -0.15) is 10.1 Å². The molecule has 0 saturated heterocycles. The number of aromatic nitrogens is 5. The minimum absolute atomic E-state index is 0.552. The fraction of sp³-hybridized carbons (Fsp3) is 0.0870. The molecule has 0 saturated carbocycles. The quantitative estimate of drug-likeness (QED) is 0.461. The van der Waals surface area contributed by atoms with Gasteiger partial charge in [-0.15, -0.1) is 5.10 Å². The topological polar surface area (TPSA) is 69.3 Å². The maximum absolute atomic E-state index is 5.25. The zero-order chi connectivity index (χ0) is 20.3. The molecule has 0 bridgehead atoms. The third kappa shape index (κ3) is 3.60. The second kappa shape index (κ2) is 7.71. The molecule has 0 spiro atoms. The molecule has 5 rings (SSSR count). The van der Waals surface area contributed by atoms with Crippen molar-refractivity contribution in [2.45, 2.75) is 6.54 Å². The van der Waals surface area contributed by atoms with Crippen molar-refractivity contribution in [2.24, 2.45) is 0 Å². The van der Waals surface area contributed by atoms with Crippen LogP contribution in [0.1, 0.15) is 5.56 Å². The minimum Gasteiger partial charge on any atom is -0.497 e. The molecule has 7 heteroatoms. The maximum Gasteiger partial charge on any atom is 0.247 e. The van der Waals surface area contributed by atoms with Crippen LogP contribution in [-0.2, 0) is 6.54 Å². The first-order valence-electron chi connectivity index (χ1n) is 9.62. The highest BCUT2D eigenvalue weighted by Gasteiger charge is 2.09. The number of anilines is 2. The summed E-state index contributed by atoms with van der Waals surface area (Å²) in [5, 5.41) is 12.2. The summed E-state index contributed by atoms with van der Waals surface area (Å²) in [6, 6.07) is 24.0. The molecule has 0 fully saturated rings. The van der Waals surface area contributed by atoms with Crippen molar-refractivity contribution < 1.29 is 4.74 Å². The Bertz CT molecular complexity index is 1260. The molecule has 2 aromatic carbocycles. The Hall–Kier alpha value is -4.13. The van der Waals surface area contributed by atoms with Crippen molar-refractivity contribution in [1.29, 1.82) is 0 Å². The zero-order valence-corrected chi connectivity index (χ0v) is 16.4. The van der Waals surface area contributed by atoms with Gasteiger partial charge in [0.25, 0.3) is 0 Å². The van der Waals surface area contributed by atoms with Crippen LogP contribution in [0.3, 0.4) is 0 Å². The number of nitrogens with zero attached hydrogens (tertiary/aromatic N) is 5. The summed E-state index contributed by atoms with van der Waals surface area (Å²) in [7, 11) is 1.66. The lowest BCUT2D eigenvalue weighted by molar-refractivity contribution is 0.415. The molecule has 0 amide bonds. The monoisotopic (exact) mass is 396 g/mol. The van der Waals surface area contributed by atoms with Gasteiger partial charge in [-0.25, -0.2) is 4.52 Å². The number of hydrogen-bond donors (Lipinski definition) is 1. The molecular formula is C23H20N6O. The highest BCUT2D eigenvalue weighted by molar-refractivity contribution is 5.65. The summed E-state index contributed by atoms with van der Waals surface area (Å²) in [4.78, 5) is 4.61. The average Bonchev–Trinajstić information content (AvgIpc) is 3.44. The van der Waals surface area contributed by atoms with Crippen molar-refractivity contribution in [3.63, 3.8) is 0 Å². The van der Waals surface area contributed by atoms with Crippen molar-refractivity contribution in [2.75, 3.05) is 12.4 Å². The Morgan fingerprint density at radius 2 is 1.77 bits per heavy atom. The van der Waals surface area contributed by atoms with Crippen LogP contribution in [0.15, 0.2) is 85.2 Å². The van der Waals surface area contributed by atoms with E-state index in [0.717, 1.165) is 34.9 Å². The molecule has 0 aliphatic rings. The molecule has 0 atom stereocenters. The van der Waals surface area contributed by atoms with Gasteiger partial charge in [-0.1, -0.05) is 18.2 Å². The van der Waals surface area contributed by atoms with E-state index in [1.54, 1.807) is 13.3 Å². The summed E-state index contributed by atoms with van der Waals surface area (Å²) in [5.74, 6) is 1.37. The maximum atomic E-state index is 5.25. The fourth-order valence-electron chi connectivity index (χ4n) is 3.34. The number of hydrogen-bond acceptors (Lipinski definition) is 5. The number of rotatable bonds is 6. The molecule has 0 aliphatic carbocycles. The van der Waals surface area contributed by atoms with E-state index < -0.39 is 0 Å². The normalized spacial score (nSPS) is 11.0. The molecular weight excluding hydrogens is 376 g/mol. The first-order valence-corrected chi connectivity index (χ1v) is 9.62. The van der Waals surface area contributed by atoms with E-state index in [2.05, 4.69) is 32.6 Å². The largest absolute Gasteiger partial charge is 0.497 e. The van der Waals surface area contributed by atoms with E-state index in [-0.39, 0.29) is 0 Å². The smallest absolute Gasteiger partial charge is 0.247 e. The van der Waals surface area contributed by atoms with Crippen LogP contribution in [0, 0.1) is 0 Å². The first kappa shape index (κ1) is 17.9. The third-order valence-electron chi connectivity index (χ3n) is 4.86. The number of benzene rings is 2. The molecule has 30 heavy (non-hydrogen) atoms. The van der Waals surface area contributed by atoms with Crippen LogP contribution in [0.25, 0.3) is 16.9 Å². The average molecular weight is 396 g/mol. The lowest BCUT2D eigenvalue weighted by Gasteiger charge is -2.06. The van der Waals surface area contributed by atoms with E-state index in [4.69, 9.17) is 4.74 Å². The lowest BCUT2D eigenvalue weighted by atomic mass is 10.1. The zero-order valence-electron chi connectivity index (χ0n) is 16.4. The van der Waals surface area contributed by atoms with Crippen LogP contribution >= 0.6 is 0 Å². The van der Waals surface area contributed by atoms with Crippen LogP contribution in [-0.4, -0.2) is 31.5 Å². The second-order valence-electron chi connectivity index (χ2n) is 6.87. The van der Waals surface area contributed by atoms with E-state index >= 15 is 0 Å². The number of fused-ring (bicyclic) bond motifs is 1. The van der Waals surface area contributed by atoms with Gasteiger partial charge in [-0.3, -0.25) is 4.68 Å². The first-order chi connectivity index (χ1) is 14.8. The predicted molar refractivity (Wildman–Crippen MR) is 116 cm³/mol. The standard InChI is InChI=1S/C23H20N6O/c1-30-20-12-8-18(9-13-20)21-4-2-5-22-26-23(27-29(21)22)25-19-10-6-17(7-11-19)16-28-15-3-14-24-28/h2-15H,16H2,1H3,(H,25,27). The Morgan fingerprint density at radius 3 is 2.50 bits per heavy atom. The number of ether oxygens (including phenoxy) is 1. The van der Waals surface area contributed by atoms with Crippen molar-refractivity contribution in [3.8, 4) is 17.0 Å². The highest BCUT2D eigenvalue weighted by atomic mass is 16.5. The van der Waals surface area contributed by atoms with E-state index in [0.29, 0.717) is 5.95 Å². The van der Waals surface area contributed by atoms with Crippen LogP contribution in [0.2, 0.25) is 0 Å². The van der Waals surface area contributed by atoms with Crippen molar-refractivity contribution in [1.82, 2.24) is 24.4 Å². The van der Waals surface area contributed by atoms with Crippen molar-refractivity contribution in [3.05, 3.63) is 90.8 Å². The summed E-state index contributed by atoms with van der Waals surface area (Å²) in [6.07, 6.45) is 3.73. The highest BCUT2D eigenvalue weighted by Crippen LogP contribution is 2.24. The van der Waals surface area contributed by atoms with E-state index in [1.807, 2.05) is 76.1 Å². The van der Waals surface area contributed by atoms with Gasteiger partial charge in [0.2, 0.25) is 5.95 Å². The summed E-state index contributed by atoms with van der Waals surface area (Å²) in [5.41, 5.74) is 4.89. The molecule has 148 valence electrons. The van der Waals surface area contributed by atoms with Gasteiger partial charge >= 0.3 is 0 Å². The Labute approximate surface area is 173 Å². The van der Waals surface area contributed by atoms with Gasteiger partial charge in [-0.05, 0) is 60.2 Å². The Kier molecular flexibility index (Phi) is 4.61. The molecule has 1 N–H and O–H groups in total. The number of nitrogens with one attached hydrogen (secondary N) is 1. The fourth-order valence-corrected chi connectivity index (χ4v) is 3.34. The van der Waals surface area contributed by atoms with Gasteiger partial charge in [0.1, 0.15) is 5.75 Å². The summed E-state index contributed by atoms with van der Waals surface area (Å²) in [6.45, 7) is 0.741. The van der Waals surface area contributed by atoms with Gasteiger partial charge in [0, 0.05) is 23.6 Å². The van der Waals surface area contributed by atoms with Crippen LogP contribution < -0.4 is 10.1 Å². The van der Waals surface area contributed by atoms with E-state index in [9.17, 15) is 0 Å². The third-order valence-corrected chi connectivity index (χ3v) is 4.86. The van der Waals surface area contributed by atoms with Crippen LogP contribution in [0.5, 0.6) is 5.75 Å². The molecule has 3 heterocycles.